The Morgan fingerprint density at radius 1 is 0.596 bits per heavy atom. The zero-order valence-corrected chi connectivity index (χ0v) is 29.6. The van der Waals surface area contributed by atoms with Crippen molar-refractivity contribution in [2.45, 2.75) is 26.4 Å². The molecular weight excluding hydrogens is 713 g/mol. The van der Waals surface area contributed by atoms with Crippen LogP contribution in [-0.2, 0) is 13.0 Å². The van der Waals surface area contributed by atoms with Crippen molar-refractivity contribution in [1.29, 1.82) is 0 Å². The fourth-order valence-electron chi connectivity index (χ4n) is 6.32. The van der Waals surface area contributed by atoms with E-state index in [0.29, 0.717) is 13.2 Å². The van der Waals surface area contributed by atoms with Crippen molar-refractivity contribution in [3.05, 3.63) is 175 Å². The van der Waals surface area contributed by atoms with E-state index >= 15 is 0 Å². The van der Waals surface area contributed by atoms with Crippen LogP contribution in [0.4, 0.5) is 4.39 Å². The van der Waals surface area contributed by atoms with Crippen LogP contribution in [0.2, 0.25) is 0 Å². The summed E-state index contributed by atoms with van der Waals surface area (Å²) in [5, 5.41) is 4.10. The van der Waals surface area contributed by atoms with Gasteiger partial charge in [-0.15, -0.1) is 0 Å². The quantitative estimate of drug-likeness (QED) is 0.0665. The molecule has 0 atom stereocenters. The fraction of sp³-hybridized carbons (Fsp3) is 0.143. The van der Waals surface area contributed by atoms with E-state index in [-0.39, 0.29) is 5.82 Å². The zero-order chi connectivity index (χ0) is 32.6. The van der Waals surface area contributed by atoms with Crippen molar-refractivity contribution >= 4 is 42.2 Å². The Labute approximate surface area is 291 Å². The molecule has 6 aromatic carbocycles. The summed E-state index contributed by atoms with van der Waals surface area (Å²) in [5.41, 5.74) is 4.01. The Bertz CT molecular complexity index is 1780. The van der Waals surface area contributed by atoms with Gasteiger partial charge in [0.1, 0.15) is 0 Å². The molecule has 0 aliphatic carbocycles. The molecule has 0 bridgehead atoms. The van der Waals surface area contributed by atoms with Crippen LogP contribution in [0.5, 0.6) is 11.5 Å². The number of halogens is 2. The molecular formula is C42H39FIO2P. The Kier molecular flexibility index (Phi) is 10.4. The normalized spacial score (nSPS) is 12.2. The van der Waals surface area contributed by atoms with Crippen LogP contribution in [0.1, 0.15) is 24.5 Å². The van der Waals surface area contributed by atoms with Crippen LogP contribution in [-0.4, -0.2) is 12.8 Å². The number of rotatable bonds is 13. The average molecular weight is 753 g/mol. The molecule has 0 aliphatic heterocycles. The van der Waals surface area contributed by atoms with Gasteiger partial charge in [0.05, 0.1) is 0 Å². The van der Waals surface area contributed by atoms with Crippen LogP contribution in [0.3, 0.4) is 0 Å². The Balaban J connectivity index is 1.32. The first-order valence-corrected chi connectivity index (χ1v) is 21.3. The molecule has 0 aliphatic rings. The monoisotopic (exact) mass is 752 g/mol. The predicted octanol–water partition coefficient (Wildman–Crippen LogP) is 10.3. The van der Waals surface area contributed by atoms with Gasteiger partial charge in [0.25, 0.3) is 0 Å². The Hall–Kier alpha value is -3.99. The standard InChI is InChI=1S/C42H39FIO2P/c1-2-34-30-40(35-24-26-36(43)27-25-35)42(46-32-33-16-7-3-8-17-33)31-41(34)45-28-15-29-47(44,37-18-9-4-10-19-37,38-20-11-5-12-21-38)39-22-13-6-14-23-39/h3-14,16-27,30-31H,2,15,28-29,32H2,1H3. The fourth-order valence-corrected chi connectivity index (χ4v) is 15.0. The molecule has 0 spiro atoms. The topological polar surface area (TPSA) is 18.5 Å². The second-order valence-corrected chi connectivity index (χ2v) is 22.5. The molecule has 0 heterocycles. The third-order valence-corrected chi connectivity index (χ3v) is 20.5. The van der Waals surface area contributed by atoms with Gasteiger partial charge in [-0.1, -0.05) is 6.07 Å². The summed E-state index contributed by atoms with van der Waals surface area (Å²) < 4.78 is 24.0. The maximum absolute atomic E-state index is 13.8. The van der Waals surface area contributed by atoms with Crippen LogP contribution < -0.4 is 25.4 Å². The van der Waals surface area contributed by atoms with E-state index in [9.17, 15) is 4.39 Å². The molecule has 47 heavy (non-hydrogen) atoms. The molecule has 6 rings (SSSR count). The third kappa shape index (κ3) is 7.00. The number of hydrogen-bond donors (Lipinski definition) is 0. The van der Waals surface area contributed by atoms with Crippen molar-refractivity contribution < 1.29 is 13.9 Å². The Morgan fingerprint density at radius 3 is 1.62 bits per heavy atom. The summed E-state index contributed by atoms with van der Waals surface area (Å²) in [4.78, 5) is 0. The van der Waals surface area contributed by atoms with Gasteiger partial charge in [-0.3, -0.25) is 0 Å². The summed E-state index contributed by atoms with van der Waals surface area (Å²) in [6.45, 7) is 3.13. The Morgan fingerprint density at radius 2 is 1.11 bits per heavy atom. The van der Waals surface area contributed by atoms with Gasteiger partial charge in [-0.25, -0.2) is 4.39 Å². The van der Waals surface area contributed by atoms with E-state index < -0.39 is 4.25 Å². The van der Waals surface area contributed by atoms with Crippen LogP contribution >= 0.6 is 26.3 Å². The predicted molar refractivity (Wildman–Crippen MR) is 206 cm³/mol. The molecule has 6 aromatic rings. The molecule has 0 unspecified atom stereocenters. The van der Waals surface area contributed by atoms with Gasteiger partial charge in [-0.05, 0) is 0 Å². The van der Waals surface area contributed by atoms with E-state index in [1.54, 1.807) is 12.1 Å². The van der Waals surface area contributed by atoms with Crippen LogP contribution in [0, 0.1) is 5.82 Å². The van der Waals surface area contributed by atoms with Crippen molar-refractivity contribution in [3.63, 3.8) is 0 Å². The SMILES string of the molecule is CCc1cc(-c2ccc(F)cc2)c(OCc2ccccc2)cc1OCCCP(I)(c1ccccc1)(c1ccccc1)c1ccccc1. The van der Waals surface area contributed by atoms with E-state index in [1.807, 2.05) is 24.3 Å². The second-order valence-electron chi connectivity index (χ2n) is 11.7. The maximum atomic E-state index is 13.8. The first-order valence-electron chi connectivity index (χ1n) is 16.1. The molecule has 0 radical (unpaired) electrons. The summed E-state index contributed by atoms with van der Waals surface area (Å²) in [5.74, 6) is 1.29. The summed E-state index contributed by atoms with van der Waals surface area (Å²) in [7, 11) is 0. The van der Waals surface area contributed by atoms with Crippen molar-refractivity contribution in [1.82, 2.24) is 0 Å². The molecule has 0 saturated heterocycles. The van der Waals surface area contributed by atoms with Gasteiger partial charge >= 0.3 is 282 Å². The van der Waals surface area contributed by atoms with Gasteiger partial charge in [-0.2, -0.15) is 0 Å². The van der Waals surface area contributed by atoms with Gasteiger partial charge in [0.15, 0.2) is 0 Å². The van der Waals surface area contributed by atoms with E-state index in [2.05, 4.69) is 138 Å². The molecule has 0 N–H and O–H groups in total. The molecule has 0 fully saturated rings. The first kappa shape index (κ1) is 32.9. The number of ether oxygens (including phenoxy) is 2. The van der Waals surface area contributed by atoms with Crippen LogP contribution in [0.15, 0.2) is 158 Å². The summed E-state index contributed by atoms with van der Waals surface area (Å²) in [6, 6.07) is 53.9. The molecule has 0 saturated carbocycles. The molecule has 238 valence electrons. The van der Waals surface area contributed by atoms with E-state index in [1.165, 1.54) is 28.0 Å². The minimum absolute atomic E-state index is 0.259. The molecule has 0 aromatic heterocycles. The minimum atomic E-state index is -2.89. The number of benzene rings is 6. The van der Waals surface area contributed by atoms with Crippen molar-refractivity contribution in [3.8, 4) is 22.6 Å². The van der Waals surface area contributed by atoms with Gasteiger partial charge in [0.2, 0.25) is 0 Å². The molecule has 2 nitrogen and oxygen atoms in total. The van der Waals surface area contributed by atoms with Gasteiger partial charge in [0, 0.05) is 0 Å². The number of aryl methyl sites for hydroxylation is 1. The van der Waals surface area contributed by atoms with Crippen LogP contribution in [0.25, 0.3) is 11.1 Å². The first-order chi connectivity index (χ1) is 23.0. The number of hydrogen-bond acceptors (Lipinski definition) is 2. The summed E-state index contributed by atoms with van der Waals surface area (Å²) in [6.07, 6.45) is 2.62. The third-order valence-electron chi connectivity index (χ3n) is 8.80. The average Bonchev–Trinajstić information content (AvgIpc) is 3.14. The summed E-state index contributed by atoms with van der Waals surface area (Å²) >= 11 is 2.84. The van der Waals surface area contributed by atoms with Gasteiger partial charge < -0.3 is 0 Å². The molecule has 0 amide bonds. The van der Waals surface area contributed by atoms with E-state index in [0.717, 1.165) is 52.8 Å². The van der Waals surface area contributed by atoms with Crippen molar-refractivity contribution in [2.75, 3.05) is 12.8 Å². The second kappa shape index (κ2) is 14.8. The molecule has 5 heteroatoms. The van der Waals surface area contributed by atoms with Crippen molar-refractivity contribution in [2.24, 2.45) is 0 Å². The zero-order valence-electron chi connectivity index (χ0n) is 26.6. The van der Waals surface area contributed by atoms with E-state index in [4.69, 9.17) is 9.47 Å².